The van der Waals surface area contributed by atoms with Gasteiger partial charge in [-0.25, -0.2) is 4.98 Å². The third-order valence-electron chi connectivity index (χ3n) is 5.35. The van der Waals surface area contributed by atoms with E-state index >= 15 is 0 Å². The van der Waals surface area contributed by atoms with Crippen LogP contribution in [0.25, 0.3) is 0 Å². The van der Waals surface area contributed by atoms with Crippen molar-refractivity contribution >= 4 is 11.6 Å². The summed E-state index contributed by atoms with van der Waals surface area (Å²) < 4.78 is 2.01. The molecule has 0 aliphatic carbocycles. The number of carbonyl (C=O) groups is 1. The fourth-order valence-electron chi connectivity index (χ4n) is 3.88. The SMILES string of the molecule is CC1Cc2ccccc2N1CCCNC(=O)c1ccc(Cn2ccnc2)cc1. The summed E-state index contributed by atoms with van der Waals surface area (Å²) in [7, 11) is 0. The van der Waals surface area contributed by atoms with Crippen molar-refractivity contribution in [1.29, 1.82) is 0 Å². The molecule has 0 radical (unpaired) electrons. The Morgan fingerprint density at radius 3 is 2.79 bits per heavy atom. The lowest BCUT2D eigenvalue weighted by Crippen LogP contribution is -2.33. The maximum atomic E-state index is 12.4. The third kappa shape index (κ3) is 4.09. The van der Waals surface area contributed by atoms with Crippen molar-refractivity contribution in [2.45, 2.75) is 32.4 Å². The van der Waals surface area contributed by atoms with Crippen molar-refractivity contribution in [3.63, 3.8) is 0 Å². The topological polar surface area (TPSA) is 50.2 Å². The van der Waals surface area contributed by atoms with Crippen molar-refractivity contribution in [1.82, 2.24) is 14.9 Å². The lowest BCUT2D eigenvalue weighted by molar-refractivity contribution is 0.0953. The summed E-state index contributed by atoms with van der Waals surface area (Å²) in [6.45, 7) is 4.67. The standard InChI is InChI=1S/C23H26N4O/c1-18-15-21-5-2-3-6-22(21)27(18)13-4-11-25-23(28)20-9-7-19(8-10-20)16-26-14-12-24-17-26/h2-3,5-10,12,14,17-18H,4,11,13,15-16H2,1H3,(H,25,28). The summed E-state index contributed by atoms with van der Waals surface area (Å²) in [5.41, 5.74) is 4.62. The van der Waals surface area contributed by atoms with Crippen LogP contribution in [0, 0.1) is 0 Å². The largest absolute Gasteiger partial charge is 0.368 e. The van der Waals surface area contributed by atoms with Crippen LogP contribution in [0.5, 0.6) is 0 Å². The second-order valence-electron chi connectivity index (χ2n) is 7.42. The minimum absolute atomic E-state index is 0.0101. The molecule has 5 heteroatoms. The molecular weight excluding hydrogens is 348 g/mol. The van der Waals surface area contributed by atoms with E-state index in [0.29, 0.717) is 18.2 Å². The van der Waals surface area contributed by atoms with Gasteiger partial charge in [0.15, 0.2) is 0 Å². The molecule has 2 aromatic carbocycles. The first kappa shape index (κ1) is 18.3. The van der Waals surface area contributed by atoms with Gasteiger partial charge in [0.1, 0.15) is 0 Å². The average Bonchev–Trinajstić information content (AvgIpc) is 3.33. The molecule has 1 atom stereocenters. The zero-order chi connectivity index (χ0) is 19.3. The highest BCUT2D eigenvalue weighted by atomic mass is 16.1. The number of benzene rings is 2. The highest BCUT2D eigenvalue weighted by molar-refractivity contribution is 5.94. The van der Waals surface area contributed by atoms with E-state index in [0.717, 1.165) is 31.5 Å². The van der Waals surface area contributed by atoms with E-state index in [-0.39, 0.29) is 5.91 Å². The number of aromatic nitrogens is 2. The smallest absolute Gasteiger partial charge is 0.251 e. The molecule has 1 amide bonds. The number of rotatable bonds is 7. The Balaban J connectivity index is 1.25. The Hall–Kier alpha value is -3.08. The number of hydrogen-bond acceptors (Lipinski definition) is 3. The van der Waals surface area contributed by atoms with Crippen LogP contribution in [0.4, 0.5) is 5.69 Å². The van der Waals surface area contributed by atoms with Crippen LogP contribution in [0.2, 0.25) is 0 Å². The van der Waals surface area contributed by atoms with Crippen LogP contribution in [-0.2, 0) is 13.0 Å². The summed E-state index contributed by atoms with van der Waals surface area (Å²) in [6, 6.07) is 16.9. The maximum Gasteiger partial charge on any atom is 0.251 e. The predicted octanol–water partition coefficient (Wildman–Crippen LogP) is 3.50. The van der Waals surface area contributed by atoms with E-state index in [2.05, 4.69) is 46.4 Å². The van der Waals surface area contributed by atoms with E-state index in [1.165, 1.54) is 11.3 Å². The Kier molecular flexibility index (Phi) is 5.42. The molecule has 1 N–H and O–H groups in total. The summed E-state index contributed by atoms with van der Waals surface area (Å²) in [5, 5.41) is 3.05. The molecule has 2 heterocycles. The van der Waals surface area contributed by atoms with Crippen LogP contribution in [0.1, 0.15) is 34.8 Å². The molecular formula is C23H26N4O. The van der Waals surface area contributed by atoms with Crippen molar-refractivity contribution in [2.75, 3.05) is 18.0 Å². The zero-order valence-corrected chi connectivity index (χ0v) is 16.2. The number of fused-ring (bicyclic) bond motifs is 1. The molecule has 0 fully saturated rings. The van der Waals surface area contributed by atoms with Gasteiger partial charge in [0.2, 0.25) is 0 Å². The summed E-state index contributed by atoms with van der Waals surface area (Å²) in [6.07, 6.45) is 7.53. The van der Waals surface area contributed by atoms with Gasteiger partial charge in [-0.05, 0) is 49.1 Å². The van der Waals surface area contributed by atoms with E-state index in [1.807, 2.05) is 35.0 Å². The number of nitrogens with zero attached hydrogens (tertiary/aromatic N) is 3. The van der Waals surface area contributed by atoms with Crippen LogP contribution in [-0.4, -0.2) is 34.6 Å². The second-order valence-corrected chi connectivity index (χ2v) is 7.42. The Morgan fingerprint density at radius 1 is 1.18 bits per heavy atom. The molecule has 1 aliphatic heterocycles. The van der Waals surface area contributed by atoms with Crippen molar-refractivity contribution in [2.24, 2.45) is 0 Å². The summed E-state index contributed by atoms with van der Waals surface area (Å²) >= 11 is 0. The number of imidazole rings is 1. The molecule has 1 aromatic heterocycles. The van der Waals surface area contributed by atoms with Gasteiger partial charge < -0.3 is 14.8 Å². The highest BCUT2D eigenvalue weighted by Crippen LogP contribution is 2.31. The number of anilines is 1. The van der Waals surface area contributed by atoms with Gasteiger partial charge in [0, 0.05) is 49.3 Å². The first-order valence-corrected chi connectivity index (χ1v) is 9.88. The van der Waals surface area contributed by atoms with Gasteiger partial charge in [0.25, 0.3) is 5.91 Å². The molecule has 4 rings (SSSR count). The van der Waals surface area contributed by atoms with Crippen LogP contribution in [0.3, 0.4) is 0 Å². The first-order valence-electron chi connectivity index (χ1n) is 9.88. The van der Waals surface area contributed by atoms with E-state index in [9.17, 15) is 4.79 Å². The van der Waals surface area contributed by atoms with Crippen LogP contribution in [0.15, 0.2) is 67.3 Å². The molecule has 0 saturated heterocycles. The molecule has 28 heavy (non-hydrogen) atoms. The minimum Gasteiger partial charge on any atom is -0.368 e. The van der Waals surface area contributed by atoms with Crippen LogP contribution >= 0.6 is 0 Å². The molecule has 1 unspecified atom stereocenters. The monoisotopic (exact) mass is 374 g/mol. The van der Waals surface area contributed by atoms with Gasteiger partial charge in [-0.15, -0.1) is 0 Å². The molecule has 3 aromatic rings. The fraction of sp³-hybridized carbons (Fsp3) is 0.304. The van der Waals surface area contributed by atoms with Gasteiger partial charge >= 0.3 is 0 Å². The molecule has 0 saturated carbocycles. The molecule has 0 spiro atoms. The third-order valence-corrected chi connectivity index (χ3v) is 5.35. The number of hydrogen-bond donors (Lipinski definition) is 1. The summed E-state index contributed by atoms with van der Waals surface area (Å²) in [4.78, 5) is 18.9. The number of carbonyl (C=O) groups excluding carboxylic acids is 1. The van der Waals surface area contributed by atoms with Crippen LogP contribution < -0.4 is 10.2 Å². The van der Waals surface area contributed by atoms with Gasteiger partial charge in [-0.3, -0.25) is 4.79 Å². The Morgan fingerprint density at radius 2 is 2.00 bits per heavy atom. The Bertz CT molecular complexity index is 918. The zero-order valence-electron chi connectivity index (χ0n) is 16.2. The van der Waals surface area contributed by atoms with Gasteiger partial charge in [0.05, 0.1) is 6.33 Å². The molecule has 1 aliphatic rings. The van der Waals surface area contributed by atoms with Gasteiger partial charge in [-0.2, -0.15) is 0 Å². The average molecular weight is 374 g/mol. The predicted molar refractivity (Wildman–Crippen MR) is 112 cm³/mol. The number of nitrogens with one attached hydrogen (secondary N) is 1. The van der Waals surface area contributed by atoms with Crippen molar-refractivity contribution in [3.8, 4) is 0 Å². The molecule has 144 valence electrons. The van der Waals surface area contributed by atoms with E-state index < -0.39 is 0 Å². The quantitative estimate of drug-likeness (QED) is 0.644. The van der Waals surface area contributed by atoms with Gasteiger partial charge in [-0.1, -0.05) is 30.3 Å². The normalized spacial score (nSPS) is 15.5. The second kappa shape index (κ2) is 8.30. The number of para-hydroxylation sites is 1. The van der Waals surface area contributed by atoms with Crippen molar-refractivity contribution in [3.05, 3.63) is 83.9 Å². The lowest BCUT2D eigenvalue weighted by atomic mass is 10.1. The Labute approximate surface area is 166 Å². The molecule has 0 bridgehead atoms. The maximum absolute atomic E-state index is 12.4. The minimum atomic E-state index is -0.0101. The van der Waals surface area contributed by atoms with E-state index in [4.69, 9.17) is 0 Å². The lowest BCUT2D eigenvalue weighted by Gasteiger charge is -2.24. The van der Waals surface area contributed by atoms with Crippen molar-refractivity contribution < 1.29 is 4.79 Å². The molecule has 5 nitrogen and oxygen atoms in total. The van der Waals surface area contributed by atoms with E-state index in [1.54, 1.807) is 12.5 Å². The fourth-order valence-corrected chi connectivity index (χ4v) is 3.88. The first-order chi connectivity index (χ1) is 13.7. The summed E-state index contributed by atoms with van der Waals surface area (Å²) in [5.74, 6) is -0.0101. The number of amides is 1. The highest BCUT2D eigenvalue weighted by Gasteiger charge is 2.24.